The lowest BCUT2D eigenvalue weighted by Crippen LogP contribution is -2.39. The average Bonchev–Trinajstić information content (AvgIpc) is 3.22. The van der Waals surface area contributed by atoms with E-state index in [1.54, 1.807) is 16.7 Å². The Morgan fingerprint density at radius 2 is 1.97 bits per heavy atom. The molecule has 0 atom stereocenters. The number of amides is 1. The number of hydrogen-bond donors (Lipinski definition) is 0. The smallest absolute Gasteiger partial charge is 0.229 e. The van der Waals surface area contributed by atoms with Crippen molar-refractivity contribution in [2.24, 2.45) is 0 Å². The molecule has 0 radical (unpaired) electrons. The highest BCUT2D eigenvalue weighted by molar-refractivity contribution is 7.99. The van der Waals surface area contributed by atoms with E-state index < -0.39 is 11.6 Å². The van der Waals surface area contributed by atoms with E-state index in [2.05, 4.69) is 34.1 Å². The van der Waals surface area contributed by atoms with Crippen LogP contribution in [0.1, 0.15) is 18.4 Å². The molecule has 0 bridgehead atoms. The fraction of sp³-hybridized carbons (Fsp3) is 0.417. The third-order valence-electron chi connectivity index (χ3n) is 5.50. The van der Waals surface area contributed by atoms with Crippen molar-refractivity contribution in [1.29, 1.82) is 0 Å². The number of ether oxygens (including phenoxy) is 1. The molecule has 9 heteroatoms. The summed E-state index contributed by atoms with van der Waals surface area (Å²) >= 11 is 2.78. The van der Waals surface area contributed by atoms with Gasteiger partial charge in [-0.1, -0.05) is 29.0 Å². The first-order valence-corrected chi connectivity index (χ1v) is 12.9. The van der Waals surface area contributed by atoms with Gasteiger partial charge in [0.15, 0.2) is 10.9 Å². The van der Waals surface area contributed by atoms with Crippen molar-refractivity contribution in [1.82, 2.24) is 9.88 Å². The molecular formula is C24H27F2N3O2S2. The van der Waals surface area contributed by atoms with Gasteiger partial charge in [0.25, 0.3) is 0 Å². The first-order valence-electron chi connectivity index (χ1n) is 11.0. The number of carbonyl (C=O) groups excluding carboxylic acids is 1. The molecule has 1 amide bonds. The van der Waals surface area contributed by atoms with Crippen molar-refractivity contribution < 1.29 is 18.3 Å². The number of rotatable bonds is 9. The highest BCUT2D eigenvalue weighted by Crippen LogP contribution is 2.32. The van der Waals surface area contributed by atoms with Crippen LogP contribution in [0.2, 0.25) is 0 Å². The molecule has 33 heavy (non-hydrogen) atoms. The lowest BCUT2D eigenvalue weighted by Gasteiger charge is -2.27. The molecule has 1 aliphatic heterocycles. The van der Waals surface area contributed by atoms with E-state index in [1.807, 2.05) is 6.92 Å². The molecule has 4 rings (SSSR count). The Hall–Kier alpha value is -2.07. The second-order valence-electron chi connectivity index (χ2n) is 8.00. The highest BCUT2D eigenvalue weighted by atomic mass is 32.2. The molecule has 1 aliphatic rings. The standard InChI is InChI=1S/C24H27F2N3O2S2/c1-17-3-5-19(6-4-17)32-14-7-22(30)29(9-2-8-28-10-12-31-13-11-28)24-27-23-20(26)15-18(25)16-21(23)33-24/h3-6,15-16H,2,7-14H2,1H3. The summed E-state index contributed by atoms with van der Waals surface area (Å²) in [6.45, 7) is 6.58. The molecule has 5 nitrogen and oxygen atoms in total. The van der Waals surface area contributed by atoms with Gasteiger partial charge in [-0.2, -0.15) is 0 Å². The van der Waals surface area contributed by atoms with Crippen LogP contribution in [-0.2, 0) is 9.53 Å². The van der Waals surface area contributed by atoms with Gasteiger partial charge in [0.1, 0.15) is 11.3 Å². The molecule has 176 valence electrons. The summed E-state index contributed by atoms with van der Waals surface area (Å²) in [5.74, 6) is -0.773. The molecular weight excluding hydrogens is 464 g/mol. The molecule has 2 aromatic carbocycles. The van der Waals surface area contributed by atoms with E-state index in [9.17, 15) is 13.6 Å². The van der Waals surface area contributed by atoms with Crippen molar-refractivity contribution >= 4 is 44.4 Å². The minimum absolute atomic E-state index is 0.0588. The van der Waals surface area contributed by atoms with E-state index >= 15 is 0 Å². The van der Waals surface area contributed by atoms with E-state index in [0.29, 0.717) is 28.5 Å². The molecule has 0 unspecified atom stereocenters. The van der Waals surface area contributed by atoms with Gasteiger partial charge >= 0.3 is 0 Å². The topological polar surface area (TPSA) is 45.7 Å². The second-order valence-corrected chi connectivity index (χ2v) is 10.2. The monoisotopic (exact) mass is 491 g/mol. The van der Waals surface area contributed by atoms with E-state index in [4.69, 9.17) is 4.74 Å². The second kappa shape index (κ2) is 11.4. The average molecular weight is 492 g/mol. The zero-order valence-corrected chi connectivity index (χ0v) is 20.2. The zero-order chi connectivity index (χ0) is 23.2. The van der Waals surface area contributed by atoms with Crippen molar-refractivity contribution in [2.45, 2.75) is 24.7 Å². The molecule has 0 aliphatic carbocycles. The number of thioether (sulfide) groups is 1. The summed E-state index contributed by atoms with van der Waals surface area (Å²) < 4.78 is 33.7. The van der Waals surface area contributed by atoms with Crippen LogP contribution in [0, 0.1) is 18.6 Å². The van der Waals surface area contributed by atoms with Crippen LogP contribution < -0.4 is 4.90 Å². The van der Waals surface area contributed by atoms with Crippen LogP contribution in [0.3, 0.4) is 0 Å². The molecule has 3 aromatic rings. The maximum atomic E-state index is 14.2. The molecule has 2 heterocycles. The van der Waals surface area contributed by atoms with Crippen LogP contribution >= 0.6 is 23.1 Å². The predicted octanol–water partition coefficient (Wildman–Crippen LogP) is 5.12. The Bertz CT molecular complexity index is 1090. The Morgan fingerprint density at radius 1 is 1.21 bits per heavy atom. The van der Waals surface area contributed by atoms with Crippen molar-refractivity contribution in [3.05, 3.63) is 53.6 Å². The number of nitrogens with zero attached hydrogens (tertiary/aromatic N) is 3. The van der Waals surface area contributed by atoms with Gasteiger partial charge in [0.2, 0.25) is 5.91 Å². The number of aromatic nitrogens is 1. The summed E-state index contributed by atoms with van der Waals surface area (Å²) in [6.07, 6.45) is 1.10. The Morgan fingerprint density at radius 3 is 2.73 bits per heavy atom. The Kier molecular flexibility index (Phi) is 8.29. The van der Waals surface area contributed by atoms with Gasteiger partial charge in [-0.25, -0.2) is 13.8 Å². The Labute approximate surface area is 200 Å². The summed E-state index contributed by atoms with van der Waals surface area (Å²) in [5.41, 5.74) is 1.30. The number of fused-ring (bicyclic) bond motifs is 1. The fourth-order valence-electron chi connectivity index (χ4n) is 3.69. The van der Waals surface area contributed by atoms with Crippen LogP contribution in [0.5, 0.6) is 0 Å². The summed E-state index contributed by atoms with van der Waals surface area (Å²) in [6, 6.07) is 10.3. The van der Waals surface area contributed by atoms with E-state index in [-0.39, 0.29) is 11.4 Å². The number of anilines is 1. The maximum absolute atomic E-state index is 14.2. The van der Waals surface area contributed by atoms with Crippen LogP contribution in [0.15, 0.2) is 41.3 Å². The number of aryl methyl sites for hydroxylation is 1. The fourth-order valence-corrected chi connectivity index (χ4v) is 5.58. The number of benzene rings is 2. The van der Waals surface area contributed by atoms with Crippen molar-refractivity contribution in [3.8, 4) is 0 Å². The molecule has 0 spiro atoms. The predicted molar refractivity (Wildman–Crippen MR) is 130 cm³/mol. The van der Waals surface area contributed by atoms with Crippen molar-refractivity contribution in [2.75, 3.05) is 50.0 Å². The molecule has 1 fully saturated rings. The van der Waals surface area contributed by atoms with Crippen LogP contribution in [-0.4, -0.2) is 60.9 Å². The van der Waals surface area contributed by atoms with Gasteiger partial charge in [-0.05, 0) is 31.5 Å². The molecule has 0 saturated carbocycles. The number of morpholine rings is 1. The first kappa shape index (κ1) is 24.1. The molecule has 1 aromatic heterocycles. The zero-order valence-electron chi connectivity index (χ0n) is 18.6. The maximum Gasteiger partial charge on any atom is 0.229 e. The third-order valence-corrected chi connectivity index (χ3v) is 7.54. The lowest BCUT2D eigenvalue weighted by atomic mass is 10.2. The van der Waals surface area contributed by atoms with Crippen LogP contribution in [0.4, 0.5) is 13.9 Å². The molecule has 0 N–H and O–H groups in total. The minimum atomic E-state index is -0.705. The quantitative estimate of drug-likeness (QED) is 0.389. The van der Waals surface area contributed by atoms with Crippen LogP contribution in [0.25, 0.3) is 10.2 Å². The summed E-state index contributed by atoms with van der Waals surface area (Å²) in [5, 5.41) is 0.418. The van der Waals surface area contributed by atoms with Gasteiger partial charge in [0, 0.05) is 49.3 Å². The minimum Gasteiger partial charge on any atom is -0.379 e. The normalized spacial score (nSPS) is 14.6. The number of carbonyl (C=O) groups is 1. The van der Waals surface area contributed by atoms with Crippen molar-refractivity contribution in [3.63, 3.8) is 0 Å². The Balaban J connectivity index is 1.44. The number of hydrogen-bond acceptors (Lipinski definition) is 6. The molecule has 1 saturated heterocycles. The van der Waals surface area contributed by atoms with E-state index in [1.165, 1.54) is 11.6 Å². The third kappa shape index (κ3) is 6.50. The van der Waals surface area contributed by atoms with Gasteiger partial charge in [-0.15, -0.1) is 11.8 Å². The van der Waals surface area contributed by atoms with Gasteiger partial charge < -0.3 is 4.74 Å². The SMILES string of the molecule is Cc1ccc(SCCC(=O)N(CCCN2CCOCC2)c2nc3c(F)cc(F)cc3s2)cc1. The first-order chi connectivity index (χ1) is 16.0. The summed E-state index contributed by atoms with van der Waals surface area (Å²) in [4.78, 5) is 22.6. The highest BCUT2D eigenvalue weighted by Gasteiger charge is 2.22. The largest absolute Gasteiger partial charge is 0.379 e. The summed E-state index contributed by atoms with van der Waals surface area (Å²) in [7, 11) is 0. The van der Waals surface area contributed by atoms with E-state index in [0.717, 1.165) is 61.6 Å². The van der Waals surface area contributed by atoms with Gasteiger partial charge in [-0.3, -0.25) is 14.6 Å². The number of thiazole rings is 1. The van der Waals surface area contributed by atoms with Gasteiger partial charge in [0.05, 0.1) is 17.9 Å². The number of halogens is 2. The lowest BCUT2D eigenvalue weighted by molar-refractivity contribution is -0.118.